The van der Waals surface area contributed by atoms with Gasteiger partial charge in [-0.3, -0.25) is 9.78 Å². The number of hydroxylamine groups is 1. The molecule has 94 valence electrons. The van der Waals surface area contributed by atoms with Crippen LogP contribution in [-0.2, 0) is 4.84 Å². The summed E-state index contributed by atoms with van der Waals surface area (Å²) < 4.78 is 1.59. The number of hydrogen-bond acceptors (Lipinski definition) is 6. The first-order valence-corrected chi connectivity index (χ1v) is 5.50. The maximum Gasteiger partial charge on any atom is 0.254 e. The molecule has 1 aromatic rings. The summed E-state index contributed by atoms with van der Waals surface area (Å²) in [5.74, 6) is 0. The number of nitrogens with zero attached hydrogens (tertiary/aromatic N) is 2. The number of hydrogen-bond donors (Lipinski definition) is 3. The number of aliphatic hydroxyl groups is 2. The fourth-order valence-corrected chi connectivity index (χ4v) is 1.80. The van der Waals surface area contributed by atoms with Gasteiger partial charge in [0, 0.05) is 11.8 Å². The first kappa shape index (κ1) is 12.2. The quantitative estimate of drug-likeness (QED) is 0.579. The Morgan fingerprint density at radius 3 is 3.00 bits per heavy atom. The van der Waals surface area contributed by atoms with Crippen molar-refractivity contribution in [3.8, 4) is 0 Å². The number of rotatable bonds is 2. The molecule has 7 nitrogen and oxygen atoms in total. The highest BCUT2D eigenvalue weighted by atomic mass is 32.1. The Morgan fingerprint density at radius 1 is 1.71 bits per heavy atom. The van der Waals surface area contributed by atoms with Gasteiger partial charge in [-0.2, -0.15) is 5.17 Å². The standard InChI is InChI=1S/C9H13N3O4S/c1-5-2-11(9(17)10-8(5)15)12-3-6(14)7(4-13)16-12/h2,6-7,13-14H,3-4H2,1H3,(H,10,15,17)/t6-,7+/m0/s1. The fraction of sp³-hybridized carbons (Fsp3) is 0.556. The Labute approximate surface area is 102 Å². The van der Waals surface area contributed by atoms with Crippen LogP contribution in [0, 0.1) is 11.7 Å². The summed E-state index contributed by atoms with van der Waals surface area (Å²) in [5.41, 5.74) is 0.217. The first-order chi connectivity index (χ1) is 8.02. The van der Waals surface area contributed by atoms with Crippen molar-refractivity contribution in [3.63, 3.8) is 0 Å². The second-order valence-electron chi connectivity index (χ2n) is 3.84. The molecule has 8 heteroatoms. The van der Waals surface area contributed by atoms with E-state index < -0.39 is 12.2 Å². The van der Waals surface area contributed by atoms with Crippen molar-refractivity contribution in [2.45, 2.75) is 19.1 Å². The summed E-state index contributed by atoms with van der Waals surface area (Å²) in [7, 11) is 0. The van der Waals surface area contributed by atoms with Gasteiger partial charge in [-0.1, -0.05) is 0 Å². The van der Waals surface area contributed by atoms with Crippen LogP contribution in [0.15, 0.2) is 11.0 Å². The van der Waals surface area contributed by atoms with Gasteiger partial charge >= 0.3 is 0 Å². The fourth-order valence-electron chi connectivity index (χ4n) is 1.56. The molecule has 1 fully saturated rings. The summed E-state index contributed by atoms with van der Waals surface area (Å²) in [5, 5.41) is 19.9. The summed E-state index contributed by atoms with van der Waals surface area (Å²) in [6.07, 6.45) is 0.0476. The van der Waals surface area contributed by atoms with Crippen molar-refractivity contribution >= 4 is 12.2 Å². The SMILES string of the molecule is Cc1cn(N2C[C@H](O)[C@@H](CO)O2)c(=S)[nH]c1=O. The molecule has 0 aromatic carbocycles. The number of β-amino-alcohol motifs (C(OH)–C–C–N with tert-alkyl or cyclic N) is 1. The zero-order valence-electron chi connectivity index (χ0n) is 9.16. The van der Waals surface area contributed by atoms with E-state index in [0.29, 0.717) is 5.56 Å². The molecule has 0 saturated carbocycles. The van der Waals surface area contributed by atoms with Gasteiger partial charge in [0.25, 0.3) is 5.56 Å². The third-order valence-electron chi connectivity index (χ3n) is 2.55. The molecule has 2 rings (SSSR count). The lowest BCUT2D eigenvalue weighted by molar-refractivity contribution is -0.0228. The van der Waals surface area contributed by atoms with Crippen LogP contribution in [-0.4, -0.2) is 45.2 Å². The molecule has 1 aromatic heterocycles. The number of aromatic amines is 1. The maximum atomic E-state index is 11.3. The molecule has 1 aliphatic rings. The zero-order valence-corrected chi connectivity index (χ0v) is 9.98. The summed E-state index contributed by atoms with van der Waals surface area (Å²) in [4.78, 5) is 19.1. The number of aliphatic hydroxyl groups excluding tert-OH is 2. The summed E-state index contributed by atoms with van der Waals surface area (Å²) >= 11 is 4.99. The second-order valence-corrected chi connectivity index (χ2v) is 4.23. The van der Waals surface area contributed by atoms with Crippen LogP contribution in [0.25, 0.3) is 0 Å². The molecule has 0 bridgehead atoms. The van der Waals surface area contributed by atoms with Crippen molar-refractivity contribution in [2.24, 2.45) is 0 Å². The van der Waals surface area contributed by atoms with Crippen molar-refractivity contribution in [2.75, 3.05) is 18.3 Å². The summed E-state index contributed by atoms with van der Waals surface area (Å²) in [6, 6.07) is 0. The van der Waals surface area contributed by atoms with Gasteiger partial charge in [0.2, 0.25) is 4.77 Å². The minimum atomic E-state index is -0.797. The predicted molar refractivity (Wildman–Crippen MR) is 61.7 cm³/mol. The monoisotopic (exact) mass is 259 g/mol. The minimum absolute atomic E-state index is 0.172. The van der Waals surface area contributed by atoms with Gasteiger partial charge in [-0.15, -0.1) is 0 Å². The predicted octanol–water partition coefficient (Wildman–Crippen LogP) is -1.18. The van der Waals surface area contributed by atoms with Crippen LogP contribution in [0.1, 0.15) is 5.56 Å². The van der Waals surface area contributed by atoms with E-state index in [4.69, 9.17) is 22.2 Å². The molecule has 3 N–H and O–H groups in total. The maximum absolute atomic E-state index is 11.3. The van der Waals surface area contributed by atoms with Gasteiger partial charge < -0.3 is 10.2 Å². The van der Waals surface area contributed by atoms with E-state index >= 15 is 0 Å². The van der Waals surface area contributed by atoms with E-state index in [1.54, 1.807) is 6.92 Å². The van der Waals surface area contributed by atoms with E-state index in [2.05, 4.69) is 4.98 Å². The molecule has 0 aliphatic carbocycles. The lowest BCUT2D eigenvalue weighted by Crippen LogP contribution is -2.34. The average molecular weight is 259 g/mol. The largest absolute Gasteiger partial charge is 0.393 e. The van der Waals surface area contributed by atoms with Gasteiger partial charge in [0.1, 0.15) is 12.2 Å². The number of aromatic nitrogens is 2. The molecule has 1 saturated heterocycles. The number of H-pyrrole nitrogens is 1. The molecule has 1 aliphatic heterocycles. The van der Waals surface area contributed by atoms with E-state index in [0.717, 1.165) is 0 Å². The van der Waals surface area contributed by atoms with Crippen molar-refractivity contribution in [3.05, 3.63) is 26.9 Å². The van der Waals surface area contributed by atoms with Crippen LogP contribution in [0.3, 0.4) is 0 Å². The average Bonchev–Trinajstić information content (AvgIpc) is 2.65. The normalized spacial score (nSPS) is 24.3. The second kappa shape index (κ2) is 4.57. The Balaban J connectivity index is 2.34. The van der Waals surface area contributed by atoms with E-state index in [9.17, 15) is 9.90 Å². The van der Waals surface area contributed by atoms with Gasteiger partial charge in [0.15, 0.2) is 0 Å². The van der Waals surface area contributed by atoms with Crippen LogP contribution < -0.4 is 10.7 Å². The van der Waals surface area contributed by atoms with Crippen LogP contribution in [0.2, 0.25) is 0 Å². The van der Waals surface area contributed by atoms with Crippen LogP contribution in [0.5, 0.6) is 0 Å². The third kappa shape index (κ3) is 2.25. The third-order valence-corrected chi connectivity index (χ3v) is 2.84. The highest BCUT2D eigenvalue weighted by Gasteiger charge is 2.33. The number of nitrogens with one attached hydrogen (secondary N) is 1. The van der Waals surface area contributed by atoms with Crippen molar-refractivity contribution in [1.29, 1.82) is 0 Å². The zero-order chi connectivity index (χ0) is 12.6. The van der Waals surface area contributed by atoms with Gasteiger partial charge in [-0.05, 0) is 19.1 Å². The highest BCUT2D eigenvalue weighted by molar-refractivity contribution is 7.71. The Morgan fingerprint density at radius 2 is 2.41 bits per heavy atom. The molecular formula is C9H13N3O4S. The van der Waals surface area contributed by atoms with Gasteiger partial charge in [0.05, 0.1) is 13.2 Å². The molecule has 0 spiro atoms. The molecule has 0 unspecified atom stereocenters. The van der Waals surface area contributed by atoms with Crippen molar-refractivity contribution < 1.29 is 15.1 Å². The van der Waals surface area contributed by atoms with E-state index in [1.807, 2.05) is 0 Å². The molecule has 2 atom stereocenters. The molecule has 17 heavy (non-hydrogen) atoms. The molecule has 0 amide bonds. The molecule has 2 heterocycles. The Kier molecular flexibility index (Phi) is 3.29. The van der Waals surface area contributed by atoms with Crippen LogP contribution >= 0.6 is 12.2 Å². The first-order valence-electron chi connectivity index (χ1n) is 5.09. The summed E-state index contributed by atoms with van der Waals surface area (Å²) in [6.45, 7) is 1.53. The molecule has 0 radical (unpaired) electrons. The smallest absolute Gasteiger partial charge is 0.254 e. The highest BCUT2D eigenvalue weighted by Crippen LogP contribution is 2.12. The lowest BCUT2D eigenvalue weighted by atomic mass is 10.2. The Bertz CT molecular complexity index is 526. The minimum Gasteiger partial charge on any atom is -0.393 e. The van der Waals surface area contributed by atoms with Crippen molar-refractivity contribution in [1.82, 2.24) is 9.66 Å². The van der Waals surface area contributed by atoms with Crippen LogP contribution in [0.4, 0.5) is 0 Å². The molecular weight excluding hydrogens is 246 g/mol. The Hall–Kier alpha value is -1.22. The van der Waals surface area contributed by atoms with Gasteiger partial charge in [-0.25, -0.2) is 9.51 Å². The van der Waals surface area contributed by atoms with E-state index in [1.165, 1.54) is 16.0 Å². The topological polar surface area (TPSA) is 90.7 Å². The lowest BCUT2D eigenvalue weighted by Gasteiger charge is -2.20. The number of aryl methyl sites for hydroxylation is 1. The van der Waals surface area contributed by atoms with E-state index in [-0.39, 0.29) is 23.5 Å².